The fraction of sp³-hybridized carbons (Fsp3) is 0.500. The third-order valence-electron chi connectivity index (χ3n) is 4.44. The highest BCUT2D eigenvalue weighted by Crippen LogP contribution is 2.34. The van der Waals surface area contributed by atoms with Gasteiger partial charge in [0.25, 0.3) is 5.91 Å². The van der Waals surface area contributed by atoms with Crippen molar-refractivity contribution < 1.29 is 14.4 Å². The largest absolute Gasteiger partial charge is 0.327 e. The molecule has 0 N–H and O–H groups in total. The van der Waals surface area contributed by atoms with Gasteiger partial charge in [-0.15, -0.1) is 0 Å². The second-order valence-corrected chi connectivity index (χ2v) is 6.41. The van der Waals surface area contributed by atoms with Crippen LogP contribution in [0, 0.1) is 6.92 Å². The van der Waals surface area contributed by atoms with Crippen LogP contribution in [-0.2, 0) is 14.4 Å². The Bertz CT molecular complexity index is 634. The molecule has 1 aliphatic heterocycles. The minimum atomic E-state index is -0.629. The van der Waals surface area contributed by atoms with Gasteiger partial charge in [0, 0.05) is 12.5 Å². The summed E-state index contributed by atoms with van der Waals surface area (Å²) in [6.45, 7) is 3.90. The molecule has 0 spiro atoms. The highest BCUT2D eigenvalue weighted by atomic mass is 16.2. The van der Waals surface area contributed by atoms with Gasteiger partial charge in [-0.25, -0.2) is 4.90 Å². The van der Waals surface area contributed by atoms with Crippen LogP contribution in [0.1, 0.15) is 44.6 Å². The van der Waals surface area contributed by atoms with Gasteiger partial charge < -0.3 is 4.90 Å². The Labute approximate surface area is 136 Å². The van der Waals surface area contributed by atoms with Crippen LogP contribution in [0.15, 0.2) is 24.3 Å². The Hall–Kier alpha value is -2.17. The zero-order valence-corrected chi connectivity index (χ0v) is 13.6. The van der Waals surface area contributed by atoms with Crippen LogP contribution < -0.4 is 4.90 Å². The summed E-state index contributed by atoms with van der Waals surface area (Å²) in [4.78, 5) is 40.5. The Kier molecular flexibility index (Phi) is 4.20. The molecule has 1 aromatic rings. The first-order valence-corrected chi connectivity index (χ1v) is 8.27. The smallest absolute Gasteiger partial charge is 0.257 e. The Morgan fingerprint density at radius 3 is 2.43 bits per heavy atom. The lowest BCUT2D eigenvalue weighted by atomic mass is 10.1. The van der Waals surface area contributed by atoms with Crippen molar-refractivity contribution in [1.29, 1.82) is 0 Å². The van der Waals surface area contributed by atoms with Gasteiger partial charge in [-0.2, -0.15) is 0 Å². The molecule has 1 heterocycles. The Morgan fingerprint density at radius 1 is 1.22 bits per heavy atom. The highest BCUT2D eigenvalue weighted by molar-refractivity contribution is 6.23. The van der Waals surface area contributed by atoms with Gasteiger partial charge in [-0.1, -0.05) is 24.6 Å². The second-order valence-electron chi connectivity index (χ2n) is 6.41. The minimum Gasteiger partial charge on any atom is -0.327 e. The molecule has 5 nitrogen and oxygen atoms in total. The molecule has 5 heteroatoms. The number of carbonyl (C=O) groups is 3. The van der Waals surface area contributed by atoms with E-state index < -0.39 is 6.04 Å². The Morgan fingerprint density at radius 2 is 1.87 bits per heavy atom. The molecule has 1 unspecified atom stereocenters. The summed E-state index contributed by atoms with van der Waals surface area (Å²) in [5.74, 6) is -0.499. The molecule has 0 bridgehead atoms. The van der Waals surface area contributed by atoms with Crippen molar-refractivity contribution in [2.45, 2.75) is 58.0 Å². The lowest BCUT2D eigenvalue weighted by Crippen LogP contribution is -2.46. The molecule has 2 fully saturated rings. The van der Waals surface area contributed by atoms with E-state index in [-0.39, 0.29) is 30.2 Å². The van der Waals surface area contributed by atoms with Crippen LogP contribution in [0.5, 0.6) is 0 Å². The average Bonchev–Trinajstić information content (AvgIpc) is 3.29. The van der Waals surface area contributed by atoms with Crippen molar-refractivity contribution in [3.05, 3.63) is 29.8 Å². The van der Waals surface area contributed by atoms with Crippen LogP contribution in [0.25, 0.3) is 0 Å². The summed E-state index contributed by atoms with van der Waals surface area (Å²) in [7, 11) is 0. The molecule has 1 aliphatic carbocycles. The van der Waals surface area contributed by atoms with Gasteiger partial charge in [-0.05, 0) is 38.3 Å². The molecule has 3 amide bonds. The third kappa shape index (κ3) is 3.00. The topological polar surface area (TPSA) is 57.7 Å². The van der Waals surface area contributed by atoms with Crippen molar-refractivity contribution in [3.63, 3.8) is 0 Å². The van der Waals surface area contributed by atoms with E-state index in [1.54, 1.807) is 17.0 Å². The third-order valence-corrected chi connectivity index (χ3v) is 4.44. The lowest BCUT2D eigenvalue weighted by molar-refractivity contribution is -0.139. The first-order valence-electron chi connectivity index (χ1n) is 8.27. The number of rotatable bonds is 5. The van der Waals surface area contributed by atoms with Gasteiger partial charge in [-0.3, -0.25) is 14.4 Å². The standard InChI is InChI=1S/C18H22N2O3/c1-3-4-16(21)19(13-9-10-13)15-11-17(22)20(18(15)23)14-7-5-12(2)6-8-14/h5-8,13,15H,3-4,9-11H2,1-2H3. The minimum absolute atomic E-state index is 0.00749. The summed E-state index contributed by atoms with van der Waals surface area (Å²) in [5.41, 5.74) is 1.66. The van der Waals surface area contributed by atoms with Crippen molar-refractivity contribution in [1.82, 2.24) is 4.90 Å². The number of anilines is 1. The van der Waals surface area contributed by atoms with E-state index >= 15 is 0 Å². The van der Waals surface area contributed by atoms with Crippen molar-refractivity contribution >= 4 is 23.4 Å². The molecule has 3 rings (SSSR count). The fourth-order valence-electron chi connectivity index (χ4n) is 3.13. The van der Waals surface area contributed by atoms with Crippen LogP contribution in [0.2, 0.25) is 0 Å². The first kappa shape index (κ1) is 15.7. The maximum Gasteiger partial charge on any atom is 0.257 e. The zero-order chi connectivity index (χ0) is 16.6. The maximum atomic E-state index is 12.8. The molecule has 0 radical (unpaired) electrons. The van der Waals surface area contributed by atoms with Crippen molar-refractivity contribution in [3.8, 4) is 0 Å². The number of hydrogen-bond acceptors (Lipinski definition) is 3. The van der Waals surface area contributed by atoms with Crippen LogP contribution >= 0.6 is 0 Å². The SMILES string of the molecule is CCCC(=O)N(C1CC1)C1CC(=O)N(c2ccc(C)cc2)C1=O. The van der Waals surface area contributed by atoms with E-state index in [0.29, 0.717) is 12.1 Å². The molecule has 0 aromatic heterocycles. The van der Waals surface area contributed by atoms with Crippen molar-refractivity contribution in [2.75, 3.05) is 4.90 Å². The van der Waals surface area contributed by atoms with Crippen molar-refractivity contribution in [2.24, 2.45) is 0 Å². The highest BCUT2D eigenvalue weighted by Gasteiger charge is 2.48. The molecule has 1 saturated heterocycles. The van der Waals surface area contributed by atoms with E-state index in [1.165, 1.54) is 4.90 Å². The Balaban J connectivity index is 1.84. The van der Waals surface area contributed by atoms with E-state index in [1.807, 2.05) is 26.0 Å². The molecular weight excluding hydrogens is 292 g/mol. The van der Waals surface area contributed by atoms with Crippen LogP contribution in [-0.4, -0.2) is 34.7 Å². The molecule has 23 heavy (non-hydrogen) atoms. The van der Waals surface area contributed by atoms with Crippen LogP contribution in [0.3, 0.4) is 0 Å². The van der Waals surface area contributed by atoms with E-state index in [4.69, 9.17) is 0 Å². The lowest BCUT2D eigenvalue weighted by Gasteiger charge is -2.27. The molecule has 122 valence electrons. The van der Waals surface area contributed by atoms with E-state index in [9.17, 15) is 14.4 Å². The van der Waals surface area contributed by atoms with E-state index in [0.717, 1.165) is 24.8 Å². The zero-order valence-electron chi connectivity index (χ0n) is 13.6. The normalized spacial score (nSPS) is 21.0. The number of amides is 3. The summed E-state index contributed by atoms with van der Waals surface area (Å²) in [6.07, 6.45) is 3.13. The predicted molar refractivity (Wildman–Crippen MR) is 86.9 cm³/mol. The average molecular weight is 314 g/mol. The monoisotopic (exact) mass is 314 g/mol. The number of carbonyl (C=O) groups excluding carboxylic acids is 3. The molecular formula is C18H22N2O3. The maximum absolute atomic E-state index is 12.8. The van der Waals surface area contributed by atoms with E-state index in [2.05, 4.69) is 0 Å². The second kappa shape index (κ2) is 6.14. The number of imide groups is 1. The summed E-state index contributed by atoms with van der Waals surface area (Å²) >= 11 is 0. The number of hydrogen-bond donors (Lipinski definition) is 0. The molecule has 1 atom stereocenters. The quantitative estimate of drug-likeness (QED) is 0.784. The van der Waals surface area contributed by atoms with Gasteiger partial charge in [0.1, 0.15) is 6.04 Å². The summed E-state index contributed by atoms with van der Waals surface area (Å²) in [6, 6.07) is 6.82. The number of aryl methyl sites for hydroxylation is 1. The summed E-state index contributed by atoms with van der Waals surface area (Å²) < 4.78 is 0. The van der Waals surface area contributed by atoms with Gasteiger partial charge in [0.2, 0.25) is 11.8 Å². The molecule has 1 aromatic carbocycles. The first-order chi connectivity index (χ1) is 11.0. The van der Waals surface area contributed by atoms with Crippen LogP contribution in [0.4, 0.5) is 5.69 Å². The molecule has 2 aliphatic rings. The number of nitrogens with zero attached hydrogens (tertiary/aromatic N) is 2. The summed E-state index contributed by atoms with van der Waals surface area (Å²) in [5, 5.41) is 0. The van der Waals surface area contributed by atoms with Gasteiger partial charge >= 0.3 is 0 Å². The predicted octanol–water partition coefficient (Wildman–Crippen LogP) is 2.42. The van der Waals surface area contributed by atoms with Gasteiger partial charge in [0.15, 0.2) is 0 Å². The molecule has 1 saturated carbocycles. The van der Waals surface area contributed by atoms with Gasteiger partial charge in [0.05, 0.1) is 12.1 Å². The number of benzene rings is 1. The fourth-order valence-corrected chi connectivity index (χ4v) is 3.13.